The fraction of sp³-hybridized carbons (Fsp3) is 0.719. The Morgan fingerprint density at radius 3 is 1.57 bits per heavy atom. The molecule has 3 amide bonds. The number of benzene rings is 1. The maximum atomic E-state index is 13.0. The predicted octanol–water partition coefficient (Wildman–Crippen LogP) is 4.73. The lowest BCUT2D eigenvalue weighted by Gasteiger charge is -2.31. The number of hydrogen-bond acceptors (Lipinski definition) is 11. The number of nitrogens with zero attached hydrogens (tertiary/aromatic N) is 2. The van der Waals surface area contributed by atoms with E-state index < -0.39 is 45.2 Å². The number of carbonyl (C=O) groups is 3. The van der Waals surface area contributed by atoms with Crippen LogP contribution in [0.2, 0.25) is 0 Å². The highest BCUT2D eigenvalue weighted by molar-refractivity contribution is 7.86. The molecule has 15 heteroatoms. The van der Waals surface area contributed by atoms with Crippen LogP contribution in [0.1, 0.15) is 67.9 Å². The number of nitrogens with one attached hydrogen (secondary N) is 1. The SMILES string of the molecule is Cc1ccc(S(=O)(=O)OCCOCCOCCN(CCN(CCNC(=O)OC(C)(C)C)C(=O)OC(C)(C)C)C(=O)OC(C)(C)C)cc1. The summed E-state index contributed by atoms with van der Waals surface area (Å²) in [5.74, 6) is 0. The van der Waals surface area contributed by atoms with E-state index in [9.17, 15) is 22.8 Å². The zero-order valence-electron chi connectivity index (χ0n) is 29.7. The Labute approximate surface area is 280 Å². The minimum Gasteiger partial charge on any atom is -0.444 e. The van der Waals surface area contributed by atoms with Crippen LogP contribution in [-0.2, 0) is 38.0 Å². The summed E-state index contributed by atoms with van der Waals surface area (Å²) in [4.78, 5) is 40.9. The molecule has 0 spiro atoms. The third kappa shape index (κ3) is 20.0. The summed E-state index contributed by atoms with van der Waals surface area (Å²) in [6.07, 6.45) is -1.80. The van der Waals surface area contributed by atoms with E-state index >= 15 is 0 Å². The van der Waals surface area contributed by atoms with Crippen molar-refractivity contribution in [3.05, 3.63) is 29.8 Å². The van der Waals surface area contributed by atoms with E-state index in [2.05, 4.69) is 5.32 Å². The zero-order valence-corrected chi connectivity index (χ0v) is 30.5. The molecule has 0 radical (unpaired) electrons. The minimum atomic E-state index is -3.87. The molecular formula is C32H55N3O11S. The highest BCUT2D eigenvalue weighted by Crippen LogP contribution is 2.14. The molecular weight excluding hydrogens is 634 g/mol. The summed E-state index contributed by atoms with van der Waals surface area (Å²) in [6.45, 7) is 18.6. The first-order valence-electron chi connectivity index (χ1n) is 15.6. The average molecular weight is 690 g/mol. The standard InChI is InChI=1S/C32H55N3O11S/c1-25-11-13-26(14-12-25)47(39,40)43-24-23-42-22-21-41-20-19-35(29(38)46-32(8,9)10)18-17-34(28(37)45-31(5,6)7)16-15-33-27(36)44-30(2,3)4/h11-14H,15-24H2,1-10H3,(H,33,36). The molecule has 270 valence electrons. The van der Waals surface area contributed by atoms with Gasteiger partial charge in [-0.05, 0) is 81.4 Å². The van der Waals surface area contributed by atoms with Crippen molar-refractivity contribution in [3.63, 3.8) is 0 Å². The van der Waals surface area contributed by atoms with Crippen molar-refractivity contribution in [2.24, 2.45) is 0 Å². The van der Waals surface area contributed by atoms with Crippen molar-refractivity contribution in [2.75, 3.05) is 65.8 Å². The Kier molecular flexibility index (Phi) is 16.9. The van der Waals surface area contributed by atoms with E-state index in [4.69, 9.17) is 27.9 Å². The lowest BCUT2D eigenvalue weighted by Crippen LogP contribution is -2.47. The van der Waals surface area contributed by atoms with Crippen LogP contribution in [0.5, 0.6) is 0 Å². The van der Waals surface area contributed by atoms with Gasteiger partial charge in [0.05, 0.1) is 37.9 Å². The van der Waals surface area contributed by atoms with E-state index in [1.54, 1.807) is 74.4 Å². The van der Waals surface area contributed by atoms with E-state index in [0.29, 0.717) is 0 Å². The number of rotatable bonds is 17. The summed E-state index contributed by atoms with van der Waals surface area (Å²) in [5.41, 5.74) is -1.23. The molecule has 0 aliphatic heterocycles. The number of aryl methyl sites for hydroxylation is 1. The van der Waals surface area contributed by atoms with E-state index in [1.807, 2.05) is 6.92 Å². The molecule has 1 aromatic rings. The van der Waals surface area contributed by atoms with Gasteiger partial charge in [0.15, 0.2) is 0 Å². The van der Waals surface area contributed by atoms with Crippen LogP contribution in [0.3, 0.4) is 0 Å². The fourth-order valence-electron chi connectivity index (χ4n) is 3.56. The third-order valence-electron chi connectivity index (χ3n) is 5.65. The third-order valence-corrected chi connectivity index (χ3v) is 6.97. The smallest absolute Gasteiger partial charge is 0.410 e. The second-order valence-corrected chi connectivity index (χ2v) is 15.3. The van der Waals surface area contributed by atoms with Crippen molar-refractivity contribution in [1.82, 2.24) is 15.1 Å². The van der Waals surface area contributed by atoms with E-state index in [1.165, 1.54) is 21.9 Å². The molecule has 14 nitrogen and oxygen atoms in total. The normalized spacial score (nSPS) is 12.3. The molecule has 1 N–H and O–H groups in total. The maximum Gasteiger partial charge on any atom is 0.410 e. The van der Waals surface area contributed by atoms with Gasteiger partial charge < -0.3 is 38.8 Å². The second kappa shape index (κ2) is 19.0. The van der Waals surface area contributed by atoms with Crippen LogP contribution in [0.4, 0.5) is 14.4 Å². The molecule has 0 saturated carbocycles. The van der Waals surface area contributed by atoms with Crippen molar-refractivity contribution in [1.29, 1.82) is 0 Å². The van der Waals surface area contributed by atoms with Gasteiger partial charge in [-0.1, -0.05) is 17.7 Å². The van der Waals surface area contributed by atoms with Crippen LogP contribution < -0.4 is 5.32 Å². The van der Waals surface area contributed by atoms with Crippen molar-refractivity contribution >= 4 is 28.4 Å². The minimum absolute atomic E-state index is 0.0434. The quantitative estimate of drug-likeness (QED) is 0.137. The molecule has 0 bridgehead atoms. The van der Waals surface area contributed by atoms with Crippen LogP contribution >= 0.6 is 0 Å². The van der Waals surface area contributed by atoms with Crippen molar-refractivity contribution in [3.8, 4) is 0 Å². The number of carbonyl (C=O) groups excluding carboxylic acids is 3. The number of hydrogen-bond donors (Lipinski definition) is 1. The highest BCUT2D eigenvalue weighted by Gasteiger charge is 2.26. The van der Waals surface area contributed by atoms with Gasteiger partial charge in [-0.25, -0.2) is 14.4 Å². The Hall–Kier alpha value is -3.14. The summed E-state index contributed by atoms with van der Waals surface area (Å²) in [6, 6.07) is 6.35. The Morgan fingerprint density at radius 1 is 0.638 bits per heavy atom. The first-order valence-corrected chi connectivity index (χ1v) is 17.0. The lowest BCUT2D eigenvalue weighted by molar-refractivity contribution is 0.00308. The summed E-state index contributed by atoms with van der Waals surface area (Å²) < 4.78 is 56.9. The van der Waals surface area contributed by atoms with Gasteiger partial charge in [0.2, 0.25) is 0 Å². The molecule has 0 aliphatic carbocycles. The first-order chi connectivity index (χ1) is 21.6. The molecule has 1 rings (SSSR count). The average Bonchev–Trinajstić information content (AvgIpc) is 2.89. The fourth-order valence-corrected chi connectivity index (χ4v) is 4.46. The van der Waals surface area contributed by atoms with Gasteiger partial charge in [0, 0.05) is 32.7 Å². The molecule has 0 fully saturated rings. The second-order valence-electron chi connectivity index (χ2n) is 13.7. The van der Waals surface area contributed by atoms with Crippen LogP contribution in [0.25, 0.3) is 0 Å². The summed E-state index contributed by atoms with van der Waals surface area (Å²) in [5, 5.41) is 2.63. The van der Waals surface area contributed by atoms with Gasteiger partial charge in [-0.2, -0.15) is 8.42 Å². The number of alkyl carbamates (subject to hydrolysis) is 1. The van der Waals surface area contributed by atoms with Crippen molar-refractivity contribution < 1.29 is 50.7 Å². The molecule has 0 unspecified atom stereocenters. The monoisotopic (exact) mass is 689 g/mol. The molecule has 47 heavy (non-hydrogen) atoms. The zero-order chi connectivity index (χ0) is 35.9. The van der Waals surface area contributed by atoms with Crippen LogP contribution in [0, 0.1) is 6.92 Å². The molecule has 0 aliphatic rings. The predicted molar refractivity (Wildman–Crippen MR) is 176 cm³/mol. The van der Waals surface area contributed by atoms with Gasteiger partial charge in [-0.15, -0.1) is 0 Å². The van der Waals surface area contributed by atoms with E-state index in [0.717, 1.165) is 5.56 Å². The summed E-state index contributed by atoms with van der Waals surface area (Å²) >= 11 is 0. The molecule has 1 aromatic carbocycles. The highest BCUT2D eigenvalue weighted by atomic mass is 32.2. The Morgan fingerprint density at radius 2 is 1.09 bits per heavy atom. The van der Waals surface area contributed by atoms with E-state index in [-0.39, 0.29) is 70.7 Å². The molecule has 0 aromatic heterocycles. The largest absolute Gasteiger partial charge is 0.444 e. The lowest BCUT2D eigenvalue weighted by atomic mass is 10.2. The summed E-state index contributed by atoms with van der Waals surface area (Å²) in [7, 11) is -3.87. The van der Waals surface area contributed by atoms with Crippen molar-refractivity contribution in [2.45, 2.75) is 90.9 Å². The van der Waals surface area contributed by atoms with Crippen LogP contribution in [0.15, 0.2) is 29.2 Å². The molecule has 0 atom stereocenters. The molecule has 0 heterocycles. The maximum absolute atomic E-state index is 13.0. The Bertz CT molecular complexity index is 1220. The van der Waals surface area contributed by atoms with Gasteiger partial charge >= 0.3 is 18.3 Å². The van der Waals surface area contributed by atoms with Gasteiger partial charge in [-0.3, -0.25) is 4.18 Å². The molecule has 0 saturated heterocycles. The number of amides is 3. The van der Waals surface area contributed by atoms with Gasteiger partial charge in [0.1, 0.15) is 16.8 Å². The van der Waals surface area contributed by atoms with Crippen LogP contribution in [-0.4, -0.2) is 119 Å². The van der Waals surface area contributed by atoms with Gasteiger partial charge in [0.25, 0.3) is 10.1 Å². The Balaban J connectivity index is 2.64. The first kappa shape index (κ1) is 41.9. The topological polar surface area (TPSA) is 159 Å². The number of ether oxygens (including phenoxy) is 5.